The fraction of sp³-hybridized carbons (Fsp3) is 0.176. The molecule has 0 radical (unpaired) electrons. The molecule has 0 spiro atoms. The Morgan fingerprint density at radius 2 is 1.67 bits per heavy atom. The molecule has 2 aromatic rings. The van der Waals surface area contributed by atoms with Crippen LogP contribution in [0, 0.1) is 0 Å². The first-order valence-electron chi connectivity index (χ1n) is 7.23. The van der Waals surface area contributed by atoms with Crippen LogP contribution in [0.15, 0.2) is 48.5 Å². The van der Waals surface area contributed by atoms with E-state index in [1.165, 1.54) is 24.3 Å². The van der Waals surface area contributed by atoms with Crippen molar-refractivity contribution in [2.75, 3.05) is 0 Å². The highest BCUT2D eigenvalue weighted by molar-refractivity contribution is 5.88. The van der Waals surface area contributed by atoms with E-state index in [1.807, 2.05) is 0 Å². The van der Waals surface area contributed by atoms with Crippen molar-refractivity contribution in [2.24, 2.45) is 5.73 Å². The SMILES string of the molecule is N[C@@H](Cc1ccc(O)cc1)C(=O)N[C@@H](C(=O)O)c1ccccc1O. The van der Waals surface area contributed by atoms with Crippen LogP contribution in [0.2, 0.25) is 0 Å². The third-order valence-corrected chi connectivity index (χ3v) is 3.51. The first-order chi connectivity index (χ1) is 11.4. The topological polar surface area (TPSA) is 133 Å². The van der Waals surface area contributed by atoms with Crippen LogP contribution < -0.4 is 11.1 Å². The Morgan fingerprint density at radius 3 is 2.25 bits per heavy atom. The number of hydrogen-bond acceptors (Lipinski definition) is 5. The first kappa shape index (κ1) is 17.3. The fourth-order valence-electron chi connectivity index (χ4n) is 2.23. The van der Waals surface area contributed by atoms with Crippen molar-refractivity contribution in [3.63, 3.8) is 0 Å². The lowest BCUT2D eigenvalue weighted by molar-refractivity contribution is -0.142. The number of hydrogen-bond donors (Lipinski definition) is 5. The molecule has 126 valence electrons. The van der Waals surface area contributed by atoms with Gasteiger partial charge in [-0.2, -0.15) is 0 Å². The predicted molar refractivity (Wildman–Crippen MR) is 86.4 cm³/mol. The maximum absolute atomic E-state index is 12.2. The largest absolute Gasteiger partial charge is 0.508 e. The summed E-state index contributed by atoms with van der Waals surface area (Å²) >= 11 is 0. The minimum atomic E-state index is -1.40. The summed E-state index contributed by atoms with van der Waals surface area (Å²) in [5, 5.41) is 30.6. The van der Waals surface area contributed by atoms with Gasteiger partial charge in [-0.25, -0.2) is 4.79 Å². The molecule has 6 N–H and O–H groups in total. The van der Waals surface area contributed by atoms with Gasteiger partial charge >= 0.3 is 5.97 Å². The van der Waals surface area contributed by atoms with E-state index in [-0.39, 0.29) is 23.5 Å². The summed E-state index contributed by atoms with van der Waals surface area (Å²) in [5.41, 5.74) is 6.63. The third kappa shape index (κ3) is 4.23. The molecule has 0 heterocycles. The highest BCUT2D eigenvalue weighted by atomic mass is 16.4. The van der Waals surface area contributed by atoms with Gasteiger partial charge in [-0.05, 0) is 30.2 Å². The van der Waals surface area contributed by atoms with Crippen LogP contribution in [-0.4, -0.2) is 33.2 Å². The zero-order valence-electron chi connectivity index (χ0n) is 12.7. The van der Waals surface area contributed by atoms with Crippen LogP contribution in [0.4, 0.5) is 0 Å². The minimum Gasteiger partial charge on any atom is -0.508 e. The first-order valence-corrected chi connectivity index (χ1v) is 7.23. The zero-order chi connectivity index (χ0) is 17.7. The van der Waals surface area contributed by atoms with Gasteiger partial charge in [-0.15, -0.1) is 0 Å². The van der Waals surface area contributed by atoms with E-state index < -0.39 is 24.0 Å². The Hall–Kier alpha value is -3.06. The molecule has 7 heteroatoms. The lowest BCUT2D eigenvalue weighted by Crippen LogP contribution is -2.45. The van der Waals surface area contributed by atoms with Gasteiger partial charge in [0.2, 0.25) is 5.91 Å². The number of aromatic hydroxyl groups is 2. The van der Waals surface area contributed by atoms with E-state index in [0.29, 0.717) is 0 Å². The number of carboxylic acid groups (broad SMARTS) is 1. The molecule has 0 fully saturated rings. The Morgan fingerprint density at radius 1 is 1.04 bits per heavy atom. The van der Waals surface area contributed by atoms with Gasteiger partial charge < -0.3 is 26.4 Å². The Kier molecular flexibility index (Phi) is 5.39. The summed E-state index contributed by atoms with van der Waals surface area (Å²) in [4.78, 5) is 23.6. The van der Waals surface area contributed by atoms with Crippen molar-refractivity contribution in [2.45, 2.75) is 18.5 Å². The monoisotopic (exact) mass is 330 g/mol. The van der Waals surface area contributed by atoms with Crippen molar-refractivity contribution >= 4 is 11.9 Å². The Bertz CT molecular complexity index is 730. The molecule has 2 rings (SSSR count). The molecule has 0 bridgehead atoms. The van der Waals surface area contributed by atoms with Gasteiger partial charge in [0.1, 0.15) is 11.5 Å². The molecule has 1 amide bonds. The van der Waals surface area contributed by atoms with Gasteiger partial charge in [0.25, 0.3) is 0 Å². The fourth-order valence-corrected chi connectivity index (χ4v) is 2.23. The maximum Gasteiger partial charge on any atom is 0.331 e. The molecular formula is C17H18N2O5. The molecule has 0 aliphatic carbocycles. The number of rotatable bonds is 6. The molecule has 0 aromatic heterocycles. The smallest absolute Gasteiger partial charge is 0.331 e. The summed E-state index contributed by atoms with van der Waals surface area (Å²) in [7, 11) is 0. The maximum atomic E-state index is 12.2. The molecule has 0 aliphatic heterocycles. The van der Waals surface area contributed by atoms with Crippen LogP contribution in [0.5, 0.6) is 11.5 Å². The number of phenols is 2. The van der Waals surface area contributed by atoms with Gasteiger partial charge in [-0.1, -0.05) is 30.3 Å². The zero-order valence-corrected chi connectivity index (χ0v) is 12.7. The Labute approximate surface area is 138 Å². The van der Waals surface area contributed by atoms with Crippen LogP contribution in [0.1, 0.15) is 17.2 Å². The summed E-state index contributed by atoms with van der Waals surface area (Å²) < 4.78 is 0. The van der Waals surface area contributed by atoms with E-state index in [9.17, 15) is 24.9 Å². The lowest BCUT2D eigenvalue weighted by atomic mass is 10.0. The van der Waals surface area contributed by atoms with Gasteiger partial charge in [0.15, 0.2) is 6.04 Å². The molecule has 2 atom stereocenters. The third-order valence-electron chi connectivity index (χ3n) is 3.51. The predicted octanol–water partition coefficient (Wildman–Crippen LogP) is 0.910. The van der Waals surface area contributed by atoms with Gasteiger partial charge in [0, 0.05) is 5.56 Å². The van der Waals surface area contributed by atoms with Crippen LogP contribution in [-0.2, 0) is 16.0 Å². The quantitative estimate of drug-likeness (QED) is 0.535. The van der Waals surface area contributed by atoms with Crippen LogP contribution >= 0.6 is 0 Å². The summed E-state index contributed by atoms with van der Waals surface area (Å²) in [5.74, 6) is -2.08. The van der Waals surface area contributed by atoms with Crippen molar-refractivity contribution in [1.29, 1.82) is 0 Å². The number of benzene rings is 2. The van der Waals surface area contributed by atoms with Crippen molar-refractivity contribution in [1.82, 2.24) is 5.32 Å². The van der Waals surface area contributed by atoms with E-state index in [0.717, 1.165) is 5.56 Å². The summed E-state index contributed by atoms with van der Waals surface area (Å²) in [6.45, 7) is 0. The average Bonchev–Trinajstić information content (AvgIpc) is 2.55. The van der Waals surface area contributed by atoms with E-state index in [1.54, 1.807) is 24.3 Å². The number of para-hydroxylation sites is 1. The Balaban J connectivity index is 2.09. The second kappa shape index (κ2) is 7.47. The molecule has 7 nitrogen and oxygen atoms in total. The number of carbonyl (C=O) groups is 2. The number of nitrogens with two attached hydrogens (primary N) is 1. The minimum absolute atomic E-state index is 0.0789. The molecule has 0 unspecified atom stereocenters. The molecule has 0 aliphatic rings. The standard InChI is InChI=1S/C17H18N2O5/c18-13(9-10-5-7-11(20)8-6-10)16(22)19-15(17(23)24)12-3-1-2-4-14(12)21/h1-8,13,15,20-21H,9,18H2,(H,19,22)(H,23,24)/t13-,15+/m0/s1. The number of amides is 1. The van der Waals surface area contributed by atoms with E-state index >= 15 is 0 Å². The number of phenolic OH excluding ortho intramolecular Hbond substituents is 2. The molecule has 0 saturated carbocycles. The molecular weight excluding hydrogens is 312 g/mol. The molecule has 0 saturated heterocycles. The molecule has 2 aromatic carbocycles. The molecule has 24 heavy (non-hydrogen) atoms. The van der Waals surface area contributed by atoms with Crippen molar-refractivity contribution in [3.8, 4) is 11.5 Å². The van der Waals surface area contributed by atoms with Gasteiger partial charge in [-0.3, -0.25) is 4.79 Å². The number of carboxylic acids is 1. The van der Waals surface area contributed by atoms with E-state index in [2.05, 4.69) is 5.32 Å². The van der Waals surface area contributed by atoms with Crippen LogP contribution in [0.3, 0.4) is 0 Å². The second-order valence-corrected chi connectivity index (χ2v) is 5.32. The highest BCUT2D eigenvalue weighted by Crippen LogP contribution is 2.24. The number of carbonyl (C=O) groups excluding carboxylic acids is 1. The van der Waals surface area contributed by atoms with Crippen molar-refractivity contribution in [3.05, 3.63) is 59.7 Å². The highest BCUT2D eigenvalue weighted by Gasteiger charge is 2.26. The number of aliphatic carboxylic acids is 1. The average molecular weight is 330 g/mol. The lowest BCUT2D eigenvalue weighted by Gasteiger charge is -2.19. The normalized spacial score (nSPS) is 13.0. The second-order valence-electron chi connectivity index (χ2n) is 5.32. The van der Waals surface area contributed by atoms with Crippen molar-refractivity contribution < 1.29 is 24.9 Å². The summed E-state index contributed by atoms with van der Waals surface area (Å²) in [6.07, 6.45) is 0.180. The van der Waals surface area contributed by atoms with Gasteiger partial charge in [0.05, 0.1) is 6.04 Å². The van der Waals surface area contributed by atoms with Crippen LogP contribution in [0.25, 0.3) is 0 Å². The van der Waals surface area contributed by atoms with E-state index in [4.69, 9.17) is 5.73 Å². The summed E-state index contributed by atoms with van der Waals surface area (Å²) in [6, 6.07) is 9.70. The number of nitrogens with one attached hydrogen (secondary N) is 1.